The second-order valence-corrected chi connectivity index (χ2v) is 7.11. The second kappa shape index (κ2) is 9.96. The summed E-state index contributed by atoms with van der Waals surface area (Å²) in [6, 6.07) is 16.8. The van der Waals surface area contributed by atoms with Crippen LogP contribution in [0.15, 0.2) is 54.6 Å². The summed E-state index contributed by atoms with van der Waals surface area (Å²) in [6.45, 7) is 6.51. The number of ether oxygens (including phenoxy) is 1. The number of nitrogens with one attached hydrogen (secondary N) is 1. The minimum Gasteiger partial charge on any atom is -0.490 e. The molecule has 0 aliphatic carbocycles. The van der Waals surface area contributed by atoms with Crippen LogP contribution in [-0.2, 0) is 0 Å². The van der Waals surface area contributed by atoms with Crippen LogP contribution in [0.25, 0.3) is 0 Å². The van der Waals surface area contributed by atoms with E-state index in [2.05, 4.69) is 5.32 Å². The Bertz CT molecular complexity index is 813. The number of piperidine rings is 1. The molecule has 1 N–H and O–H groups in total. The first-order chi connectivity index (χ1) is 14.1. The summed E-state index contributed by atoms with van der Waals surface area (Å²) >= 11 is 0. The zero-order valence-electron chi connectivity index (χ0n) is 17.1. The van der Waals surface area contributed by atoms with Gasteiger partial charge in [-0.15, -0.1) is 0 Å². The molecule has 3 rings (SSSR count). The van der Waals surface area contributed by atoms with Crippen molar-refractivity contribution in [1.82, 2.24) is 9.80 Å². The topological polar surface area (TPSA) is 61.9 Å². The van der Waals surface area contributed by atoms with Crippen LogP contribution in [0.2, 0.25) is 0 Å². The van der Waals surface area contributed by atoms with Gasteiger partial charge >= 0.3 is 6.03 Å². The maximum absolute atomic E-state index is 12.6. The van der Waals surface area contributed by atoms with Crippen LogP contribution >= 0.6 is 0 Å². The second-order valence-electron chi connectivity index (χ2n) is 7.11. The number of anilines is 1. The number of hydrogen-bond donors (Lipinski definition) is 1. The minimum absolute atomic E-state index is 0.0232. The summed E-state index contributed by atoms with van der Waals surface area (Å²) in [7, 11) is 0. The number of carbonyl (C=O) groups is 2. The Balaban J connectivity index is 1.53. The Hall–Kier alpha value is -3.02. The van der Waals surface area contributed by atoms with Gasteiger partial charge in [0.25, 0.3) is 5.91 Å². The highest BCUT2D eigenvalue weighted by atomic mass is 16.5. The van der Waals surface area contributed by atoms with Gasteiger partial charge in [0.15, 0.2) is 0 Å². The third-order valence-electron chi connectivity index (χ3n) is 5.19. The van der Waals surface area contributed by atoms with Crippen molar-refractivity contribution in [3.05, 3.63) is 60.2 Å². The number of para-hydroxylation sites is 1. The summed E-state index contributed by atoms with van der Waals surface area (Å²) in [4.78, 5) is 28.7. The summed E-state index contributed by atoms with van der Waals surface area (Å²) in [5.41, 5.74) is 1.22. The van der Waals surface area contributed by atoms with E-state index in [1.54, 1.807) is 28.0 Å². The zero-order valence-corrected chi connectivity index (χ0v) is 17.1. The van der Waals surface area contributed by atoms with Gasteiger partial charge in [0.1, 0.15) is 11.9 Å². The van der Waals surface area contributed by atoms with E-state index in [0.717, 1.165) is 18.6 Å². The standard InChI is InChI=1S/C23H29N3O3/c1-3-25(4-2)22(27)18-9-8-10-19(17-18)24-23(28)26-15-13-21(14-16-26)29-20-11-6-5-7-12-20/h5-12,17,21H,3-4,13-16H2,1-2H3,(H,24,28). The maximum atomic E-state index is 12.6. The number of urea groups is 1. The Morgan fingerprint density at radius 2 is 1.72 bits per heavy atom. The molecule has 3 amide bonds. The zero-order chi connectivity index (χ0) is 20.6. The lowest BCUT2D eigenvalue weighted by Crippen LogP contribution is -2.43. The van der Waals surface area contributed by atoms with Crippen molar-refractivity contribution in [2.45, 2.75) is 32.8 Å². The van der Waals surface area contributed by atoms with E-state index in [4.69, 9.17) is 4.74 Å². The molecule has 0 atom stereocenters. The first-order valence-corrected chi connectivity index (χ1v) is 10.3. The van der Waals surface area contributed by atoms with Gasteiger partial charge in [-0.25, -0.2) is 4.79 Å². The molecule has 6 heteroatoms. The molecule has 0 radical (unpaired) electrons. The van der Waals surface area contributed by atoms with Crippen LogP contribution in [0.4, 0.5) is 10.5 Å². The van der Waals surface area contributed by atoms with E-state index < -0.39 is 0 Å². The monoisotopic (exact) mass is 395 g/mol. The molecule has 2 aromatic rings. The van der Waals surface area contributed by atoms with Crippen LogP contribution in [0.5, 0.6) is 5.75 Å². The van der Waals surface area contributed by atoms with Gasteiger partial charge in [-0.05, 0) is 44.2 Å². The molecule has 1 aliphatic heterocycles. The lowest BCUT2D eigenvalue weighted by Gasteiger charge is -2.32. The van der Waals surface area contributed by atoms with Crippen molar-refractivity contribution in [2.24, 2.45) is 0 Å². The Labute approximate surface area is 172 Å². The average Bonchev–Trinajstić information content (AvgIpc) is 2.76. The van der Waals surface area contributed by atoms with E-state index >= 15 is 0 Å². The molecule has 1 saturated heterocycles. The van der Waals surface area contributed by atoms with E-state index in [-0.39, 0.29) is 18.0 Å². The van der Waals surface area contributed by atoms with E-state index in [0.29, 0.717) is 37.4 Å². The van der Waals surface area contributed by atoms with E-state index in [9.17, 15) is 9.59 Å². The Kier molecular flexibility index (Phi) is 7.11. The summed E-state index contributed by atoms with van der Waals surface area (Å²) in [6.07, 6.45) is 1.71. The van der Waals surface area contributed by atoms with Crippen molar-refractivity contribution in [3.8, 4) is 5.75 Å². The van der Waals surface area contributed by atoms with Gasteiger partial charge in [-0.2, -0.15) is 0 Å². The third kappa shape index (κ3) is 5.50. The largest absolute Gasteiger partial charge is 0.490 e. The van der Waals surface area contributed by atoms with Gasteiger partial charge in [0, 0.05) is 50.3 Å². The minimum atomic E-state index is -0.143. The first-order valence-electron chi connectivity index (χ1n) is 10.3. The lowest BCUT2D eigenvalue weighted by atomic mass is 10.1. The molecule has 0 bridgehead atoms. The Morgan fingerprint density at radius 1 is 1.03 bits per heavy atom. The normalized spacial score (nSPS) is 14.3. The molecule has 0 aromatic heterocycles. The molecular formula is C23H29N3O3. The molecule has 0 unspecified atom stereocenters. The number of nitrogens with zero attached hydrogens (tertiary/aromatic N) is 2. The number of benzene rings is 2. The summed E-state index contributed by atoms with van der Waals surface area (Å²) < 4.78 is 5.99. The van der Waals surface area contributed by atoms with Crippen LogP contribution < -0.4 is 10.1 Å². The van der Waals surface area contributed by atoms with Crippen LogP contribution in [0, 0.1) is 0 Å². The number of likely N-dealkylation sites (tertiary alicyclic amines) is 1. The average molecular weight is 396 g/mol. The van der Waals surface area contributed by atoms with Crippen molar-refractivity contribution in [2.75, 3.05) is 31.5 Å². The van der Waals surface area contributed by atoms with Gasteiger partial charge in [-0.3, -0.25) is 4.79 Å². The highest BCUT2D eigenvalue weighted by Crippen LogP contribution is 2.20. The van der Waals surface area contributed by atoms with Crippen molar-refractivity contribution in [1.29, 1.82) is 0 Å². The lowest BCUT2D eigenvalue weighted by molar-refractivity contribution is 0.0773. The number of rotatable bonds is 6. The first kappa shape index (κ1) is 20.7. The fraction of sp³-hybridized carbons (Fsp3) is 0.391. The molecule has 0 spiro atoms. The van der Waals surface area contributed by atoms with E-state index in [1.807, 2.05) is 50.2 Å². The highest BCUT2D eigenvalue weighted by molar-refractivity contribution is 5.96. The van der Waals surface area contributed by atoms with E-state index in [1.165, 1.54) is 0 Å². The van der Waals surface area contributed by atoms with Crippen molar-refractivity contribution < 1.29 is 14.3 Å². The molecule has 2 aromatic carbocycles. The highest BCUT2D eigenvalue weighted by Gasteiger charge is 2.24. The predicted molar refractivity (Wildman–Crippen MR) is 114 cm³/mol. The molecule has 29 heavy (non-hydrogen) atoms. The van der Waals surface area contributed by atoms with Gasteiger partial charge in [0.2, 0.25) is 0 Å². The molecule has 154 valence electrons. The molecule has 1 fully saturated rings. The summed E-state index contributed by atoms with van der Waals surface area (Å²) in [5, 5.41) is 2.92. The van der Waals surface area contributed by atoms with Crippen LogP contribution in [0.1, 0.15) is 37.0 Å². The van der Waals surface area contributed by atoms with Crippen molar-refractivity contribution in [3.63, 3.8) is 0 Å². The molecule has 0 saturated carbocycles. The molecule has 1 heterocycles. The fourth-order valence-corrected chi connectivity index (χ4v) is 3.49. The Morgan fingerprint density at radius 3 is 2.38 bits per heavy atom. The molecule has 1 aliphatic rings. The van der Waals surface area contributed by atoms with Gasteiger partial charge in [-0.1, -0.05) is 24.3 Å². The molecular weight excluding hydrogens is 366 g/mol. The van der Waals surface area contributed by atoms with Crippen molar-refractivity contribution >= 4 is 17.6 Å². The predicted octanol–water partition coefficient (Wildman–Crippen LogP) is 4.24. The number of hydrogen-bond acceptors (Lipinski definition) is 3. The quantitative estimate of drug-likeness (QED) is 0.796. The van der Waals surface area contributed by atoms with Crippen LogP contribution in [-0.4, -0.2) is 54.0 Å². The summed E-state index contributed by atoms with van der Waals surface area (Å²) in [5.74, 6) is 0.843. The van der Waals surface area contributed by atoms with Gasteiger partial charge < -0.3 is 19.9 Å². The number of amides is 3. The fourth-order valence-electron chi connectivity index (χ4n) is 3.49. The van der Waals surface area contributed by atoms with Crippen LogP contribution in [0.3, 0.4) is 0 Å². The maximum Gasteiger partial charge on any atom is 0.321 e. The third-order valence-corrected chi connectivity index (χ3v) is 5.19. The smallest absolute Gasteiger partial charge is 0.321 e. The van der Waals surface area contributed by atoms with Gasteiger partial charge in [0.05, 0.1) is 0 Å². The SMILES string of the molecule is CCN(CC)C(=O)c1cccc(NC(=O)N2CCC(Oc3ccccc3)CC2)c1. The molecule has 6 nitrogen and oxygen atoms in total. The number of carbonyl (C=O) groups excluding carboxylic acids is 2.